The molecule has 0 amide bonds. The first-order valence-corrected chi connectivity index (χ1v) is 7.75. The van der Waals surface area contributed by atoms with Crippen LogP contribution in [0.4, 0.5) is 5.69 Å². The Morgan fingerprint density at radius 3 is 2.60 bits per heavy atom. The molecular weight excluding hydrogens is 246 g/mol. The summed E-state index contributed by atoms with van der Waals surface area (Å²) < 4.78 is 0. The maximum absolute atomic E-state index is 9.33. The van der Waals surface area contributed by atoms with E-state index in [-0.39, 0.29) is 0 Å². The molecule has 0 radical (unpaired) electrons. The maximum Gasteiger partial charge on any atom is 0.101 e. The van der Waals surface area contributed by atoms with E-state index in [1.54, 1.807) is 0 Å². The van der Waals surface area contributed by atoms with Crippen LogP contribution in [0.25, 0.3) is 0 Å². The van der Waals surface area contributed by atoms with E-state index < -0.39 is 0 Å². The van der Waals surface area contributed by atoms with Crippen LogP contribution in [0.1, 0.15) is 37.7 Å². The predicted molar refractivity (Wildman–Crippen MR) is 81.7 cm³/mol. The lowest BCUT2D eigenvalue weighted by atomic mass is 9.87. The average molecular weight is 269 g/mol. The molecule has 2 saturated heterocycles. The minimum Gasteiger partial charge on any atom is -0.364 e. The third-order valence-corrected chi connectivity index (χ3v) is 4.94. The molecule has 0 saturated carbocycles. The molecule has 3 heteroatoms. The summed E-state index contributed by atoms with van der Waals surface area (Å²) in [6, 6.07) is 11.7. The number of piperidine rings is 1. The lowest BCUT2D eigenvalue weighted by molar-refractivity contribution is 0.321. The van der Waals surface area contributed by atoms with E-state index in [0.29, 0.717) is 12.1 Å². The van der Waals surface area contributed by atoms with Crippen molar-refractivity contribution in [2.75, 3.05) is 18.5 Å². The van der Waals surface area contributed by atoms with Crippen LogP contribution in [0.15, 0.2) is 24.3 Å². The van der Waals surface area contributed by atoms with Crippen molar-refractivity contribution in [1.29, 1.82) is 5.26 Å². The fourth-order valence-electron chi connectivity index (χ4n) is 4.06. The van der Waals surface area contributed by atoms with E-state index in [4.69, 9.17) is 0 Å². The first kappa shape index (κ1) is 13.5. The van der Waals surface area contributed by atoms with Gasteiger partial charge in [-0.15, -0.1) is 0 Å². The molecule has 2 heterocycles. The van der Waals surface area contributed by atoms with Crippen LogP contribution in [0.5, 0.6) is 0 Å². The Kier molecular flexibility index (Phi) is 3.93. The van der Waals surface area contributed by atoms with Gasteiger partial charge in [0.15, 0.2) is 0 Å². The van der Waals surface area contributed by atoms with Crippen molar-refractivity contribution in [1.82, 2.24) is 5.32 Å². The monoisotopic (exact) mass is 269 g/mol. The lowest BCUT2D eigenvalue weighted by Gasteiger charge is -2.41. The number of hydrogen-bond acceptors (Lipinski definition) is 3. The predicted octanol–water partition coefficient (Wildman–Crippen LogP) is 2.92. The fraction of sp³-hybridized carbons (Fsp3) is 0.588. The minimum atomic E-state index is 0.644. The van der Waals surface area contributed by atoms with Gasteiger partial charge < -0.3 is 10.2 Å². The van der Waals surface area contributed by atoms with Crippen LogP contribution in [0.2, 0.25) is 0 Å². The summed E-state index contributed by atoms with van der Waals surface area (Å²) in [7, 11) is 2.03. The van der Waals surface area contributed by atoms with E-state index in [0.717, 1.165) is 23.7 Å². The van der Waals surface area contributed by atoms with Crippen LogP contribution >= 0.6 is 0 Å². The molecule has 20 heavy (non-hydrogen) atoms. The molecule has 2 bridgehead atoms. The second-order valence-electron chi connectivity index (χ2n) is 6.15. The van der Waals surface area contributed by atoms with Crippen LogP contribution in [-0.4, -0.2) is 25.7 Å². The highest BCUT2D eigenvalue weighted by Crippen LogP contribution is 2.43. The Morgan fingerprint density at radius 2 is 1.95 bits per heavy atom. The van der Waals surface area contributed by atoms with Crippen LogP contribution in [-0.2, 0) is 0 Å². The average Bonchev–Trinajstić information content (AvgIpc) is 2.75. The Balaban J connectivity index is 1.79. The lowest BCUT2D eigenvalue weighted by Crippen LogP contribution is -2.43. The number of nitriles is 1. The number of nitrogens with one attached hydrogen (secondary N) is 1. The van der Waals surface area contributed by atoms with E-state index >= 15 is 0 Å². The smallest absolute Gasteiger partial charge is 0.101 e. The largest absolute Gasteiger partial charge is 0.364 e. The van der Waals surface area contributed by atoms with Gasteiger partial charge in [0.25, 0.3) is 0 Å². The van der Waals surface area contributed by atoms with E-state index in [1.807, 2.05) is 19.2 Å². The van der Waals surface area contributed by atoms with E-state index in [9.17, 15) is 5.26 Å². The van der Waals surface area contributed by atoms with Crippen molar-refractivity contribution in [3.05, 3.63) is 29.8 Å². The molecule has 0 aliphatic carbocycles. The molecule has 3 rings (SSSR count). The maximum atomic E-state index is 9.33. The van der Waals surface area contributed by atoms with Gasteiger partial charge in [0.2, 0.25) is 0 Å². The Hall–Kier alpha value is -1.53. The SMILES string of the molecule is CNCCC1CC2CCC(C1)N2c1ccccc1C#N. The molecule has 2 atom stereocenters. The van der Waals surface area contributed by atoms with Crippen molar-refractivity contribution in [2.45, 2.75) is 44.2 Å². The summed E-state index contributed by atoms with van der Waals surface area (Å²) in [5, 5.41) is 12.6. The van der Waals surface area contributed by atoms with Crippen LogP contribution in [0.3, 0.4) is 0 Å². The van der Waals surface area contributed by atoms with Gasteiger partial charge in [-0.25, -0.2) is 0 Å². The molecule has 1 N–H and O–H groups in total. The van der Waals surface area contributed by atoms with Crippen molar-refractivity contribution >= 4 is 5.69 Å². The Morgan fingerprint density at radius 1 is 1.25 bits per heavy atom. The third-order valence-electron chi connectivity index (χ3n) is 4.94. The second-order valence-corrected chi connectivity index (χ2v) is 6.15. The van der Waals surface area contributed by atoms with Gasteiger partial charge in [-0.3, -0.25) is 0 Å². The topological polar surface area (TPSA) is 39.1 Å². The quantitative estimate of drug-likeness (QED) is 0.913. The molecule has 1 aromatic carbocycles. The van der Waals surface area contributed by atoms with Crippen LogP contribution in [0, 0.1) is 17.2 Å². The molecular formula is C17H23N3. The van der Waals surface area contributed by atoms with Crippen molar-refractivity contribution in [3.63, 3.8) is 0 Å². The molecule has 1 aromatic rings. The fourth-order valence-corrected chi connectivity index (χ4v) is 4.06. The number of benzene rings is 1. The van der Waals surface area contributed by atoms with Gasteiger partial charge in [0.1, 0.15) is 6.07 Å². The van der Waals surface area contributed by atoms with Gasteiger partial charge in [-0.1, -0.05) is 12.1 Å². The van der Waals surface area contributed by atoms with E-state index in [1.165, 1.54) is 32.1 Å². The van der Waals surface area contributed by atoms with Crippen LogP contribution < -0.4 is 10.2 Å². The van der Waals surface area contributed by atoms with Gasteiger partial charge >= 0.3 is 0 Å². The van der Waals surface area contributed by atoms with Crippen molar-refractivity contribution < 1.29 is 0 Å². The summed E-state index contributed by atoms with van der Waals surface area (Å²) >= 11 is 0. The third kappa shape index (κ3) is 2.41. The first-order chi connectivity index (χ1) is 9.83. The molecule has 2 aliphatic rings. The standard InChI is InChI=1S/C17H23N3/c1-19-9-8-13-10-15-6-7-16(11-13)20(15)17-5-3-2-4-14(17)12-18/h2-5,13,15-16,19H,6-11H2,1H3. The molecule has 0 spiro atoms. The molecule has 2 unspecified atom stereocenters. The number of hydrogen-bond donors (Lipinski definition) is 1. The van der Waals surface area contributed by atoms with Crippen molar-refractivity contribution in [3.8, 4) is 6.07 Å². The summed E-state index contributed by atoms with van der Waals surface area (Å²) in [6.45, 7) is 1.12. The number of para-hydroxylation sites is 1. The molecule has 3 nitrogen and oxygen atoms in total. The number of rotatable bonds is 4. The number of fused-ring (bicyclic) bond motifs is 2. The molecule has 2 fully saturated rings. The highest BCUT2D eigenvalue weighted by atomic mass is 15.2. The first-order valence-electron chi connectivity index (χ1n) is 7.75. The summed E-state index contributed by atoms with van der Waals surface area (Å²) in [5.74, 6) is 0.852. The molecule has 2 aliphatic heterocycles. The van der Waals surface area contributed by atoms with Gasteiger partial charge in [0, 0.05) is 12.1 Å². The van der Waals surface area contributed by atoms with Gasteiger partial charge in [0.05, 0.1) is 11.3 Å². The zero-order valence-electron chi connectivity index (χ0n) is 12.2. The second kappa shape index (κ2) is 5.85. The van der Waals surface area contributed by atoms with Gasteiger partial charge in [-0.2, -0.15) is 5.26 Å². The van der Waals surface area contributed by atoms with E-state index in [2.05, 4.69) is 28.4 Å². The minimum absolute atomic E-state index is 0.644. The highest BCUT2D eigenvalue weighted by molar-refractivity contribution is 5.61. The zero-order chi connectivity index (χ0) is 13.9. The molecule has 0 aromatic heterocycles. The highest BCUT2D eigenvalue weighted by Gasteiger charge is 2.41. The Labute approximate surface area is 121 Å². The summed E-state index contributed by atoms with van der Waals surface area (Å²) in [5.41, 5.74) is 1.99. The van der Waals surface area contributed by atoms with Crippen molar-refractivity contribution in [2.24, 2.45) is 5.92 Å². The Bertz CT molecular complexity index is 491. The summed E-state index contributed by atoms with van der Waals surface area (Å²) in [4.78, 5) is 2.55. The van der Waals surface area contributed by atoms with Gasteiger partial charge in [-0.05, 0) is 63.7 Å². The molecule has 106 valence electrons. The normalized spacial score (nSPS) is 28.4. The summed E-state index contributed by atoms with van der Waals surface area (Å²) in [6.07, 6.45) is 6.45. The number of anilines is 1. The number of nitrogens with zero attached hydrogens (tertiary/aromatic N) is 2. The zero-order valence-corrected chi connectivity index (χ0v) is 12.2.